The Morgan fingerprint density at radius 1 is 1.32 bits per heavy atom. The van der Waals surface area contributed by atoms with Gasteiger partial charge in [0.15, 0.2) is 0 Å². The summed E-state index contributed by atoms with van der Waals surface area (Å²) in [5.74, 6) is 0.555. The van der Waals surface area contributed by atoms with Crippen LogP contribution in [0.25, 0.3) is 0 Å². The van der Waals surface area contributed by atoms with Gasteiger partial charge in [-0.3, -0.25) is 9.59 Å². The largest absolute Gasteiger partial charge is 0.495 e. The van der Waals surface area contributed by atoms with Crippen molar-refractivity contribution in [1.82, 2.24) is 0 Å². The molecule has 0 spiro atoms. The lowest BCUT2D eigenvalue weighted by atomic mass is 10.00. The van der Waals surface area contributed by atoms with Gasteiger partial charge in [0.1, 0.15) is 5.75 Å². The van der Waals surface area contributed by atoms with Gasteiger partial charge in [-0.2, -0.15) is 0 Å². The van der Waals surface area contributed by atoms with Gasteiger partial charge in [0.2, 0.25) is 11.8 Å². The number of carbonyl (C=O) groups is 2. The third-order valence-electron chi connectivity index (χ3n) is 3.96. The molecule has 2 rings (SSSR count). The summed E-state index contributed by atoms with van der Waals surface area (Å²) in [5, 5.41) is 5.54. The first kappa shape index (κ1) is 16.3. The van der Waals surface area contributed by atoms with Gasteiger partial charge < -0.3 is 21.1 Å². The fourth-order valence-electron chi connectivity index (χ4n) is 2.84. The van der Waals surface area contributed by atoms with Crippen LogP contribution in [0.4, 0.5) is 11.4 Å². The zero-order valence-corrected chi connectivity index (χ0v) is 13.0. The number of hydrogen-bond acceptors (Lipinski definition) is 4. The Morgan fingerprint density at radius 3 is 2.68 bits per heavy atom. The minimum Gasteiger partial charge on any atom is -0.495 e. The fourth-order valence-corrected chi connectivity index (χ4v) is 2.84. The average Bonchev–Trinajstić information content (AvgIpc) is 2.84. The van der Waals surface area contributed by atoms with Crippen molar-refractivity contribution in [2.45, 2.75) is 38.6 Å². The number of ether oxygens (including phenoxy) is 1. The highest BCUT2D eigenvalue weighted by molar-refractivity contribution is 5.94. The molecule has 4 N–H and O–H groups in total. The second kappa shape index (κ2) is 7.26. The molecule has 0 saturated heterocycles. The van der Waals surface area contributed by atoms with Crippen LogP contribution in [0.1, 0.15) is 32.6 Å². The minimum atomic E-state index is -0.196. The Hall–Kier alpha value is -2.08. The van der Waals surface area contributed by atoms with Crippen molar-refractivity contribution in [2.75, 3.05) is 17.7 Å². The zero-order chi connectivity index (χ0) is 16.1. The first-order valence-electron chi connectivity index (χ1n) is 7.50. The standard InChI is InChI=1S/C16H23N3O3/c1-10(20)18-14-9-12(6-7-15(14)22-2)19-16(21)8-11-4-3-5-13(11)17/h6-7,9,11,13H,3-5,8,17H2,1-2H3,(H,18,20)(H,19,21)/t11-,13+/m0/s1. The van der Waals surface area contributed by atoms with Crippen molar-refractivity contribution in [3.8, 4) is 5.75 Å². The number of methoxy groups -OCH3 is 1. The van der Waals surface area contributed by atoms with E-state index in [0.29, 0.717) is 23.5 Å². The monoisotopic (exact) mass is 305 g/mol. The molecule has 2 atom stereocenters. The van der Waals surface area contributed by atoms with Crippen LogP contribution in [0, 0.1) is 5.92 Å². The van der Waals surface area contributed by atoms with Gasteiger partial charge >= 0.3 is 0 Å². The number of benzene rings is 1. The molecule has 0 aromatic heterocycles. The van der Waals surface area contributed by atoms with Gasteiger partial charge in [-0.1, -0.05) is 6.42 Å². The van der Waals surface area contributed by atoms with E-state index < -0.39 is 0 Å². The SMILES string of the molecule is COc1ccc(NC(=O)C[C@@H]2CCC[C@H]2N)cc1NC(C)=O. The number of rotatable bonds is 5. The van der Waals surface area contributed by atoms with Crippen molar-refractivity contribution in [3.05, 3.63) is 18.2 Å². The van der Waals surface area contributed by atoms with E-state index in [1.165, 1.54) is 14.0 Å². The lowest BCUT2D eigenvalue weighted by molar-refractivity contribution is -0.117. The van der Waals surface area contributed by atoms with E-state index >= 15 is 0 Å². The van der Waals surface area contributed by atoms with E-state index in [1.54, 1.807) is 18.2 Å². The lowest BCUT2D eigenvalue weighted by Gasteiger charge is -2.16. The first-order chi connectivity index (χ1) is 10.5. The molecule has 0 aliphatic heterocycles. The Morgan fingerprint density at radius 2 is 2.09 bits per heavy atom. The number of nitrogens with two attached hydrogens (primary N) is 1. The molecule has 22 heavy (non-hydrogen) atoms. The van der Waals surface area contributed by atoms with Gasteiger partial charge in [0.25, 0.3) is 0 Å². The van der Waals surface area contributed by atoms with Gasteiger partial charge in [0.05, 0.1) is 12.8 Å². The molecule has 0 heterocycles. The molecule has 1 fully saturated rings. The van der Waals surface area contributed by atoms with E-state index in [2.05, 4.69) is 10.6 Å². The molecule has 1 aliphatic carbocycles. The third kappa shape index (κ3) is 4.21. The Balaban J connectivity index is 2.02. The number of amides is 2. The van der Waals surface area contributed by atoms with Crippen LogP contribution in [-0.2, 0) is 9.59 Å². The van der Waals surface area contributed by atoms with Crippen molar-refractivity contribution in [3.63, 3.8) is 0 Å². The molecule has 1 aliphatic rings. The van der Waals surface area contributed by atoms with Gasteiger partial charge in [-0.15, -0.1) is 0 Å². The summed E-state index contributed by atoms with van der Waals surface area (Å²) in [7, 11) is 1.53. The quantitative estimate of drug-likeness (QED) is 0.776. The van der Waals surface area contributed by atoms with E-state index in [-0.39, 0.29) is 23.8 Å². The topological polar surface area (TPSA) is 93.4 Å². The van der Waals surface area contributed by atoms with Crippen molar-refractivity contribution < 1.29 is 14.3 Å². The predicted octanol–water partition coefficient (Wildman–Crippen LogP) is 2.11. The Bertz CT molecular complexity index is 560. The molecule has 0 unspecified atom stereocenters. The molecule has 6 nitrogen and oxygen atoms in total. The smallest absolute Gasteiger partial charge is 0.224 e. The van der Waals surface area contributed by atoms with E-state index in [4.69, 9.17) is 10.5 Å². The van der Waals surface area contributed by atoms with Crippen molar-refractivity contribution in [2.24, 2.45) is 11.7 Å². The average molecular weight is 305 g/mol. The maximum Gasteiger partial charge on any atom is 0.224 e. The summed E-state index contributed by atoms with van der Waals surface area (Å²) in [6, 6.07) is 5.27. The number of nitrogens with one attached hydrogen (secondary N) is 2. The maximum atomic E-state index is 12.1. The molecular formula is C16H23N3O3. The maximum absolute atomic E-state index is 12.1. The molecule has 0 radical (unpaired) electrons. The lowest BCUT2D eigenvalue weighted by Crippen LogP contribution is -2.28. The molecular weight excluding hydrogens is 282 g/mol. The molecule has 120 valence electrons. The molecule has 2 amide bonds. The summed E-state index contributed by atoms with van der Waals surface area (Å²) < 4.78 is 5.18. The molecule has 0 bridgehead atoms. The number of anilines is 2. The summed E-state index contributed by atoms with van der Waals surface area (Å²) in [6.45, 7) is 1.42. The van der Waals surface area contributed by atoms with Crippen LogP contribution in [0.15, 0.2) is 18.2 Å². The van der Waals surface area contributed by atoms with Gasteiger partial charge in [-0.05, 0) is 37.0 Å². The van der Waals surface area contributed by atoms with Crippen LogP contribution < -0.4 is 21.1 Å². The van der Waals surface area contributed by atoms with E-state index in [1.807, 2.05) is 0 Å². The first-order valence-corrected chi connectivity index (χ1v) is 7.50. The third-order valence-corrected chi connectivity index (χ3v) is 3.96. The highest BCUT2D eigenvalue weighted by Crippen LogP contribution is 2.29. The molecule has 1 aromatic rings. The molecule has 6 heteroatoms. The summed E-state index contributed by atoms with van der Waals surface area (Å²) in [6.07, 6.45) is 3.53. The highest BCUT2D eigenvalue weighted by atomic mass is 16.5. The normalized spacial score (nSPS) is 20.5. The van der Waals surface area contributed by atoms with Crippen molar-refractivity contribution >= 4 is 23.2 Å². The number of hydrogen-bond donors (Lipinski definition) is 3. The van der Waals surface area contributed by atoms with Crippen molar-refractivity contribution in [1.29, 1.82) is 0 Å². The predicted molar refractivity (Wildman–Crippen MR) is 85.9 cm³/mol. The summed E-state index contributed by atoms with van der Waals surface area (Å²) in [5.41, 5.74) is 7.15. The van der Waals surface area contributed by atoms with E-state index in [0.717, 1.165) is 19.3 Å². The van der Waals surface area contributed by atoms with Crippen LogP contribution in [0.2, 0.25) is 0 Å². The Kier molecular flexibility index (Phi) is 5.38. The van der Waals surface area contributed by atoms with E-state index in [9.17, 15) is 9.59 Å². The minimum absolute atomic E-state index is 0.0544. The second-order valence-corrected chi connectivity index (χ2v) is 5.70. The fraction of sp³-hybridized carbons (Fsp3) is 0.500. The number of carbonyl (C=O) groups excluding carboxylic acids is 2. The van der Waals surface area contributed by atoms with Crippen LogP contribution in [0.5, 0.6) is 5.75 Å². The van der Waals surface area contributed by atoms with Crippen LogP contribution >= 0.6 is 0 Å². The van der Waals surface area contributed by atoms with Gasteiger partial charge in [0, 0.05) is 25.1 Å². The Labute approximate surface area is 130 Å². The highest BCUT2D eigenvalue weighted by Gasteiger charge is 2.26. The molecule has 1 aromatic carbocycles. The molecule has 1 saturated carbocycles. The summed E-state index contributed by atoms with van der Waals surface area (Å²) >= 11 is 0. The second-order valence-electron chi connectivity index (χ2n) is 5.70. The van der Waals surface area contributed by atoms with Crippen LogP contribution in [0.3, 0.4) is 0 Å². The van der Waals surface area contributed by atoms with Gasteiger partial charge in [-0.25, -0.2) is 0 Å². The zero-order valence-electron chi connectivity index (χ0n) is 13.0. The summed E-state index contributed by atoms with van der Waals surface area (Å²) in [4.78, 5) is 23.3. The van der Waals surface area contributed by atoms with Crippen LogP contribution in [-0.4, -0.2) is 25.0 Å².